The Morgan fingerprint density at radius 2 is 1.62 bits per heavy atom. The van der Waals surface area contributed by atoms with Gasteiger partial charge < -0.3 is 5.32 Å². The van der Waals surface area contributed by atoms with E-state index in [1.165, 1.54) is 0 Å². The van der Waals surface area contributed by atoms with E-state index in [2.05, 4.69) is 33.0 Å². The minimum atomic E-state index is -0.533. The molecule has 0 aromatic carbocycles. The van der Waals surface area contributed by atoms with Crippen LogP contribution in [0.5, 0.6) is 0 Å². The Morgan fingerprint density at radius 3 is 2.06 bits per heavy atom. The minimum absolute atomic E-state index is 0.533. The Labute approximate surface area is 103 Å². The van der Waals surface area contributed by atoms with Gasteiger partial charge in [0.15, 0.2) is 0 Å². The van der Waals surface area contributed by atoms with E-state index in [9.17, 15) is 4.21 Å². The molecule has 3 heteroatoms. The zero-order chi connectivity index (χ0) is 12.1. The second-order valence-corrected chi connectivity index (χ2v) is 7.38. The molecule has 0 radical (unpaired) electrons. The summed E-state index contributed by atoms with van der Waals surface area (Å²) in [5, 5.41) is 3.67. The van der Waals surface area contributed by atoms with Gasteiger partial charge in [-0.25, -0.2) is 0 Å². The van der Waals surface area contributed by atoms with E-state index in [4.69, 9.17) is 0 Å². The molecule has 1 fully saturated rings. The average molecular weight is 245 g/mol. The molecule has 0 amide bonds. The molecule has 0 unspecified atom stereocenters. The lowest BCUT2D eigenvalue weighted by atomic mass is 9.85. The molecule has 1 aliphatic heterocycles. The topological polar surface area (TPSA) is 29.1 Å². The van der Waals surface area contributed by atoms with Gasteiger partial charge >= 0.3 is 0 Å². The van der Waals surface area contributed by atoms with Crippen molar-refractivity contribution in [3.63, 3.8) is 0 Å². The van der Waals surface area contributed by atoms with Crippen molar-refractivity contribution >= 4 is 10.8 Å². The summed E-state index contributed by atoms with van der Waals surface area (Å²) in [6.07, 6.45) is 2.19. The van der Waals surface area contributed by atoms with Gasteiger partial charge in [0, 0.05) is 28.3 Å². The Balaban J connectivity index is 2.29. The van der Waals surface area contributed by atoms with Gasteiger partial charge in [-0.1, -0.05) is 27.7 Å². The quantitative estimate of drug-likeness (QED) is 0.806. The van der Waals surface area contributed by atoms with Crippen molar-refractivity contribution in [3.8, 4) is 0 Å². The Kier molecular flexibility index (Phi) is 5.98. The molecule has 0 aromatic rings. The van der Waals surface area contributed by atoms with Crippen molar-refractivity contribution in [1.82, 2.24) is 5.32 Å². The fourth-order valence-electron chi connectivity index (χ4n) is 2.54. The predicted octanol–water partition coefficient (Wildman–Crippen LogP) is 2.42. The van der Waals surface area contributed by atoms with Crippen LogP contribution < -0.4 is 5.32 Å². The van der Waals surface area contributed by atoms with E-state index in [0.29, 0.717) is 6.04 Å². The minimum Gasteiger partial charge on any atom is -0.314 e. The molecule has 0 spiro atoms. The van der Waals surface area contributed by atoms with E-state index >= 15 is 0 Å². The largest absolute Gasteiger partial charge is 0.314 e. The molecule has 96 valence electrons. The van der Waals surface area contributed by atoms with E-state index in [1.54, 1.807) is 0 Å². The van der Waals surface area contributed by atoms with Crippen molar-refractivity contribution in [1.29, 1.82) is 0 Å². The SMILES string of the molecule is CC(C)C(CNC1CCS(=O)CC1)C(C)C. The average Bonchev–Trinajstić information content (AvgIpc) is 2.20. The third kappa shape index (κ3) is 4.54. The third-order valence-corrected chi connectivity index (χ3v) is 5.12. The molecule has 1 saturated heterocycles. The zero-order valence-electron chi connectivity index (χ0n) is 11.2. The van der Waals surface area contributed by atoms with Gasteiger partial charge in [0.2, 0.25) is 0 Å². The zero-order valence-corrected chi connectivity index (χ0v) is 12.0. The second kappa shape index (κ2) is 6.75. The van der Waals surface area contributed by atoms with E-state index in [1.807, 2.05) is 0 Å². The Bertz CT molecular complexity index is 210. The van der Waals surface area contributed by atoms with Crippen molar-refractivity contribution < 1.29 is 4.21 Å². The number of rotatable bonds is 5. The molecule has 0 atom stereocenters. The van der Waals surface area contributed by atoms with Gasteiger partial charge in [-0.05, 0) is 37.1 Å². The van der Waals surface area contributed by atoms with Gasteiger partial charge in [-0.3, -0.25) is 4.21 Å². The van der Waals surface area contributed by atoms with Crippen molar-refractivity contribution in [2.45, 2.75) is 46.6 Å². The molecule has 16 heavy (non-hydrogen) atoms. The maximum Gasteiger partial charge on any atom is 0.0249 e. The van der Waals surface area contributed by atoms with Crippen LogP contribution in [0.4, 0.5) is 0 Å². The molecule has 1 rings (SSSR count). The molecular weight excluding hydrogens is 218 g/mol. The van der Waals surface area contributed by atoms with Crippen LogP contribution in [0.15, 0.2) is 0 Å². The van der Waals surface area contributed by atoms with Crippen LogP contribution in [0.25, 0.3) is 0 Å². The van der Waals surface area contributed by atoms with E-state index in [-0.39, 0.29) is 0 Å². The van der Waals surface area contributed by atoms with Gasteiger partial charge in [-0.15, -0.1) is 0 Å². The van der Waals surface area contributed by atoms with Crippen molar-refractivity contribution in [2.75, 3.05) is 18.1 Å². The highest BCUT2D eigenvalue weighted by Crippen LogP contribution is 2.20. The first-order valence-corrected chi connectivity index (χ1v) is 8.08. The summed E-state index contributed by atoms with van der Waals surface area (Å²) in [6.45, 7) is 10.3. The van der Waals surface area contributed by atoms with E-state index in [0.717, 1.165) is 48.6 Å². The molecule has 0 bridgehead atoms. The highest BCUT2D eigenvalue weighted by molar-refractivity contribution is 7.85. The normalized spacial score (nSPS) is 26.9. The summed E-state index contributed by atoms with van der Waals surface area (Å²) in [5.74, 6) is 4.03. The number of hydrogen-bond donors (Lipinski definition) is 1. The third-order valence-electron chi connectivity index (χ3n) is 3.74. The fourth-order valence-corrected chi connectivity index (χ4v) is 3.84. The van der Waals surface area contributed by atoms with Gasteiger partial charge in [-0.2, -0.15) is 0 Å². The summed E-state index contributed by atoms with van der Waals surface area (Å²) in [4.78, 5) is 0. The van der Waals surface area contributed by atoms with Crippen LogP contribution in [-0.2, 0) is 10.8 Å². The maximum absolute atomic E-state index is 11.2. The first-order chi connectivity index (χ1) is 7.50. The van der Waals surface area contributed by atoms with Crippen molar-refractivity contribution in [3.05, 3.63) is 0 Å². The van der Waals surface area contributed by atoms with Crippen LogP contribution in [-0.4, -0.2) is 28.3 Å². The molecule has 0 aliphatic carbocycles. The van der Waals surface area contributed by atoms with Crippen LogP contribution in [0.2, 0.25) is 0 Å². The lowest BCUT2D eigenvalue weighted by Crippen LogP contribution is -2.40. The summed E-state index contributed by atoms with van der Waals surface area (Å²) >= 11 is 0. The standard InChI is InChI=1S/C13H27NOS/c1-10(2)13(11(3)4)9-14-12-5-7-16(15)8-6-12/h10-14H,5-9H2,1-4H3. The summed E-state index contributed by atoms with van der Waals surface area (Å²) in [6, 6.07) is 0.609. The fraction of sp³-hybridized carbons (Fsp3) is 1.00. The Morgan fingerprint density at radius 1 is 1.12 bits per heavy atom. The molecule has 0 saturated carbocycles. The summed E-state index contributed by atoms with van der Waals surface area (Å²) in [7, 11) is -0.533. The smallest absolute Gasteiger partial charge is 0.0249 e. The Hall–Kier alpha value is 0.110. The first kappa shape index (κ1) is 14.2. The molecule has 1 heterocycles. The van der Waals surface area contributed by atoms with Gasteiger partial charge in [0.1, 0.15) is 0 Å². The number of hydrogen-bond acceptors (Lipinski definition) is 2. The lowest BCUT2D eigenvalue weighted by molar-refractivity contribution is 0.262. The molecule has 1 aliphatic rings. The van der Waals surface area contributed by atoms with Crippen LogP contribution in [0.3, 0.4) is 0 Å². The second-order valence-electron chi connectivity index (χ2n) is 5.68. The predicted molar refractivity (Wildman–Crippen MR) is 72.1 cm³/mol. The highest BCUT2D eigenvalue weighted by Gasteiger charge is 2.21. The summed E-state index contributed by atoms with van der Waals surface area (Å²) in [5.41, 5.74) is 0. The lowest BCUT2D eigenvalue weighted by Gasteiger charge is -2.29. The maximum atomic E-state index is 11.2. The molecule has 1 N–H and O–H groups in total. The monoisotopic (exact) mass is 245 g/mol. The van der Waals surface area contributed by atoms with Crippen LogP contribution >= 0.6 is 0 Å². The molecular formula is C13H27NOS. The molecule has 2 nitrogen and oxygen atoms in total. The highest BCUT2D eigenvalue weighted by atomic mass is 32.2. The van der Waals surface area contributed by atoms with Gasteiger partial charge in [0.05, 0.1) is 0 Å². The first-order valence-electron chi connectivity index (χ1n) is 6.59. The van der Waals surface area contributed by atoms with Gasteiger partial charge in [0.25, 0.3) is 0 Å². The summed E-state index contributed by atoms with van der Waals surface area (Å²) < 4.78 is 11.2. The number of nitrogens with one attached hydrogen (secondary N) is 1. The molecule has 0 aromatic heterocycles. The van der Waals surface area contributed by atoms with Crippen LogP contribution in [0, 0.1) is 17.8 Å². The van der Waals surface area contributed by atoms with Crippen LogP contribution in [0.1, 0.15) is 40.5 Å². The van der Waals surface area contributed by atoms with E-state index < -0.39 is 10.8 Å². The van der Waals surface area contributed by atoms with Crippen molar-refractivity contribution in [2.24, 2.45) is 17.8 Å².